The smallest absolute Gasteiger partial charge is 0.229 e. The van der Waals surface area contributed by atoms with E-state index in [1.54, 1.807) is 0 Å². The van der Waals surface area contributed by atoms with Gasteiger partial charge in [0.25, 0.3) is 0 Å². The van der Waals surface area contributed by atoms with Gasteiger partial charge in [0.2, 0.25) is 11.6 Å². The third kappa shape index (κ3) is 2.19. The van der Waals surface area contributed by atoms with Gasteiger partial charge in [-0.1, -0.05) is 0 Å². The Labute approximate surface area is 97.3 Å². The maximum atomic E-state index is 13.5. The molecule has 17 heavy (non-hydrogen) atoms. The van der Waals surface area contributed by atoms with E-state index in [1.165, 1.54) is 19.2 Å². The first-order valence-corrected chi connectivity index (χ1v) is 5.15. The molecule has 0 radical (unpaired) electrons. The molecule has 0 unspecified atom stereocenters. The fraction of sp³-hybridized carbons (Fsp3) is 0.333. The lowest BCUT2D eigenvalue weighted by Crippen LogP contribution is -2.07. The van der Waals surface area contributed by atoms with Crippen LogP contribution in [-0.2, 0) is 16.0 Å². The summed E-state index contributed by atoms with van der Waals surface area (Å²) in [6, 6.07) is 2.47. The molecule has 0 bridgehead atoms. The summed E-state index contributed by atoms with van der Waals surface area (Å²) >= 11 is 0. The second-order valence-corrected chi connectivity index (χ2v) is 3.71. The molecule has 0 heterocycles. The summed E-state index contributed by atoms with van der Waals surface area (Å²) in [5.41, 5.74) is 0.667. The largest absolute Gasteiger partial charge is 0.488 e. The highest BCUT2D eigenvalue weighted by molar-refractivity contribution is 6.47. The average Bonchev–Trinajstić information content (AvgIpc) is 2.56. The van der Waals surface area contributed by atoms with Gasteiger partial charge in [0, 0.05) is 19.1 Å². The summed E-state index contributed by atoms with van der Waals surface area (Å²) in [6.45, 7) is 0.512. The first kappa shape index (κ1) is 11.7. The lowest BCUT2D eigenvalue weighted by molar-refractivity contribution is -0.114. The van der Waals surface area contributed by atoms with Gasteiger partial charge in [-0.2, -0.15) is 0 Å². The summed E-state index contributed by atoms with van der Waals surface area (Å²) < 4.78 is 23.4. The van der Waals surface area contributed by atoms with Gasteiger partial charge < -0.3 is 9.47 Å². The second-order valence-electron chi connectivity index (χ2n) is 3.71. The maximum absolute atomic E-state index is 13.5. The molecule has 0 saturated carbocycles. The lowest BCUT2D eigenvalue weighted by atomic mass is 10.1. The monoisotopic (exact) mass is 238 g/mol. The van der Waals surface area contributed by atoms with Crippen molar-refractivity contribution in [3.8, 4) is 5.75 Å². The van der Waals surface area contributed by atoms with Crippen LogP contribution in [0.15, 0.2) is 12.1 Å². The molecule has 0 saturated heterocycles. The predicted molar refractivity (Wildman–Crippen MR) is 56.8 cm³/mol. The van der Waals surface area contributed by atoms with Crippen LogP contribution in [-0.4, -0.2) is 31.9 Å². The van der Waals surface area contributed by atoms with Crippen LogP contribution >= 0.6 is 0 Å². The van der Waals surface area contributed by atoms with E-state index in [0.717, 1.165) is 0 Å². The lowest BCUT2D eigenvalue weighted by Gasteiger charge is -2.08. The number of carbonyl (C=O) groups is 2. The van der Waals surface area contributed by atoms with Crippen molar-refractivity contribution >= 4 is 11.6 Å². The fourth-order valence-corrected chi connectivity index (χ4v) is 1.70. The van der Waals surface area contributed by atoms with Gasteiger partial charge in [0.15, 0.2) is 11.6 Å². The summed E-state index contributed by atoms with van der Waals surface area (Å²) in [5, 5.41) is 0. The van der Waals surface area contributed by atoms with Crippen molar-refractivity contribution in [1.82, 2.24) is 0 Å². The topological polar surface area (TPSA) is 52.6 Å². The van der Waals surface area contributed by atoms with Gasteiger partial charge in [-0.15, -0.1) is 0 Å². The van der Waals surface area contributed by atoms with Crippen LogP contribution in [0.1, 0.15) is 15.9 Å². The van der Waals surface area contributed by atoms with E-state index in [2.05, 4.69) is 0 Å². The number of benzene rings is 1. The number of fused-ring (bicyclic) bond motifs is 1. The normalized spacial score (nSPS) is 14.0. The Balaban J connectivity index is 2.25. The molecule has 1 aromatic rings. The zero-order valence-electron chi connectivity index (χ0n) is 9.29. The molecule has 0 aliphatic heterocycles. The highest BCUT2D eigenvalue weighted by Gasteiger charge is 2.29. The van der Waals surface area contributed by atoms with E-state index < -0.39 is 17.4 Å². The second kappa shape index (κ2) is 4.63. The zero-order valence-corrected chi connectivity index (χ0v) is 9.29. The van der Waals surface area contributed by atoms with E-state index in [4.69, 9.17) is 9.47 Å². The summed E-state index contributed by atoms with van der Waals surface area (Å²) in [4.78, 5) is 22.6. The van der Waals surface area contributed by atoms with E-state index in [1.807, 2.05) is 0 Å². The number of hydrogen-bond donors (Lipinski definition) is 0. The van der Waals surface area contributed by atoms with E-state index in [-0.39, 0.29) is 24.3 Å². The number of rotatable bonds is 4. The van der Waals surface area contributed by atoms with Crippen LogP contribution < -0.4 is 4.74 Å². The molecular weight excluding hydrogens is 227 g/mol. The van der Waals surface area contributed by atoms with Crippen molar-refractivity contribution in [1.29, 1.82) is 0 Å². The molecule has 0 spiro atoms. The van der Waals surface area contributed by atoms with Crippen molar-refractivity contribution in [3.05, 3.63) is 29.1 Å². The van der Waals surface area contributed by atoms with Crippen LogP contribution in [0.5, 0.6) is 5.75 Å². The van der Waals surface area contributed by atoms with Gasteiger partial charge in [0.05, 0.1) is 6.61 Å². The third-order valence-corrected chi connectivity index (χ3v) is 2.55. The van der Waals surface area contributed by atoms with Crippen molar-refractivity contribution in [2.24, 2.45) is 0 Å². The van der Waals surface area contributed by atoms with Crippen LogP contribution in [0.2, 0.25) is 0 Å². The molecule has 0 aromatic heterocycles. The Hall–Kier alpha value is -1.75. The molecule has 0 amide bonds. The number of halogens is 1. The van der Waals surface area contributed by atoms with Crippen molar-refractivity contribution in [2.45, 2.75) is 6.42 Å². The first-order valence-electron chi connectivity index (χ1n) is 5.15. The van der Waals surface area contributed by atoms with E-state index >= 15 is 0 Å². The molecule has 1 aliphatic rings. The summed E-state index contributed by atoms with van der Waals surface area (Å²) in [5.74, 6) is -1.67. The van der Waals surface area contributed by atoms with Gasteiger partial charge >= 0.3 is 0 Å². The van der Waals surface area contributed by atoms with Gasteiger partial charge in [0.1, 0.15) is 6.61 Å². The van der Waals surface area contributed by atoms with Crippen molar-refractivity contribution in [2.75, 3.05) is 20.3 Å². The third-order valence-electron chi connectivity index (χ3n) is 2.55. The minimum absolute atomic E-state index is 0.0242. The molecule has 1 aliphatic carbocycles. The number of hydrogen-bond acceptors (Lipinski definition) is 4. The minimum Gasteiger partial charge on any atom is -0.488 e. The zero-order chi connectivity index (χ0) is 12.4. The Morgan fingerprint density at radius 1 is 1.29 bits per heavy atom. The summed E-state index contributed by atoms with van der Waals surface area (Å²) in [6.07, 6.45) is -0.0244. The quantitative estimate of drug-likeness (QED) is 0.583. The molecule has 0 atom stereocenters. The highest BCUT2D eigenvalue weighted by atomic mass is 19.1. The number of methoxy groups -OCH3 is 1. The van der Waals surface area contributed by atoms with Crippen LogP contribution in [0, 0.1) is 5.82 Å². The highest BCUT2D eigenvalue weighted by Crippen LogP contribution is 2.27. The molecule has 1 aromatic carbocycles. The van der Waals surface area contributed by atoms with E-state index in [9.17, 15) is 14.0 Å². The SMILES string of the molecule is COCCOc1cc2c(cc1F)CC(=O)C2=O. The molecule has 0 N–H and O–H groups in total. The first-order chi connectivity index (χ1) is 8.13. The standard InChI is InChI=1S/C12H11FO4/c1-16-2-3-17-11-6-8-7(4-9(11)13)5-10(14)12(8)15/h4,6H,2-3,5H2,1H3. The molecule has 4 nitrogen and oxygen atoms in total. The Morgan fingerprint density at radius 3 is 2.76 bits per heavy atom. The van der Waals surface area contributed by atoms with Gasteiger partial charge in [-0.25, -0.2) is 4.39 Å². The number of ketones is 2. The minimum atomic E-state index is -0.573. The van der Waals surface area contributed by atoms with Crippen LogP contribution in [0.25, 0.3) is 0 Å². The molecule has 0 fully saturated rings. The predicted octanol–water partition coefficient (Wildman–Crippen LogP) is 1.16. The maximum Gasteiger partial charge on any atom is 0.229 e. The van der Waals surface area contributed by atoms with Crippen LogP contribution in [0.3, 0.4) is 0 Å². The molecule has 90 valence electrons. The van der Waals surface area contributed by atoms with E-state index in [0.29, 0.717) is 12.2 Å². The summed E-state index contributed by atoms with van der Waals surface area (Å²) in [7, 11) is 1.50. The fourth-order valence-electron chi connectivity index (χ4n) is 1.70. The Bertz CT molecular complexity index is 482. The Morgan fingerprint density at radius 2 is 2.06 bits per heavy atom. The number of carbonyl (C=O) groups excluding carboxylic acids is 2. The number of ether oxygens (including phenoxy) is 2. The van der Waals surface area contributed by atoms with Gasteiger partial charge in [-0.05, 0) is 17.7 Å². The van der Waals surface area contributed by atoms with Gasteiger partial charge in [-0.3, -0.25) is 9.59 Å². The van der Waals surface area contributed by atoms with Crippen molar-refractivity contribution < 1.29 is 23.5 Å². The Kier molecular flexibility index (Phi) is 3.19. The molecular formula is C12H11FO4. The number of Topliss-reactive ketones (excluding diaryl/α,β-unsaturated/α-hetero) is 2. The molecule has 2 rings (SSSR count). The molecule has 5 heteroatoms. The van der Waals surface area contributed by atoms with Crippen LogP contribution in [0.4, 0.5) is 4.39 Å². The average molecular weight is 238 g/mol. The van der Waals surface area contributed by atoms with Crippen molar-refractivity contribution in [3.63, 3.8) is 0 Å².